The highest BCUT2D eigenvalue weighted by Crippen LogP contribution is 2.39. The first kappa shape index (κ1) is 27.5. The van der Waals surface area contributed by atoms with Gasteiger partial charge in [0.2, 0.25) is 5.91 Å². The van der Waals surface area contributed by atoms with Crippen molar-refractivity contribution in [3.8, 4) is 0 Å². The van der Waals surface area contributed by atoms with E-state index in [2.05, 4.69) is 27.7 Å². The number of nitrogens with one attached hydrogen (secondary N) is 2. The Morgan fingerprint density at radius 3 is 2.49 bits per heavy atom. The molecule has 5 rings (SSSR count). The smallest absolute Gasteiger partial charge is 0.322 e. The number of likely N-dealkylation sites (N-methyl/N-ethyl adjacent to an activating group) is 1. The molecule has 206 valence electrons. The lowest BCUT2D eigenvalue weighted by molar-refractivity contribution is -0.136. The van der Waals surface area contributed by atoms with E-state index in [1.54, 1.807) is 34.9 Å². The van der Waals surface area contributed by atoms with Crippen LogP contribution in [0.1, 0.15) is 43.9 Å². The van der Waals surface area contributed by atoms with E-state index in [-0.39, 0.29) is 30.4 Å². The van der Waals surface area contributed by atoms with Crippen molar-refractivity contribution < 1.29 is 14.4 Å². The average molecular weight is 571 g/mol. The highest BCUT2D eigenvalue weighted by Gasteiger charge is 2.46. The first-order valence-corrected chi connectivity index (χ1v) is 14.2. The molecule has 2 N–H and O–H groups in total. The number of nitrogens with zero attached hydrogens (tertiary/aromatic N) is 3. The lowest BCUT2D eigenvalue weighted by atomic mass is 9.95. The molecule has 1 fully saturated rings. The summed E-state index contributed by atoms with van der Waals surface area (Å²) >= 11 is 12.5. The van der Waals surface area contributed by atoms with Gasteiger partial charge < -0.3 is 15.5 Å². The number of carbonyl (C=O) groups excluding carboxylic acids is 3. The molecule has 0 spiro atoms. The van der Waals surface area contributed by atoms with Crippen molar-refractivity contribution in [2.45, 2.75) is 51.4 Å². The van der Waals surface area contributed by atoms with Gasteiger partial charge in [0.1, 0.15) is 6.04 Å². The third kappa shape index (κ3) is 5.64. The van der Waals surface area contributed by atoms with Crippen molar-refractivity contribution in [2.24, 2.45) is 0 Å². The maximum atomic E-state index is 13.8. The molecule has 2 aromatic rings. The fraction of sp³-hybridized carbons (Fsp3) is 0.414. The van der Waals surface area contributed by atoms with E-state index < -0.39 is 12.1 Å². The molecule has 0 aliphatic carbocycles. The quantitative estimate of drug-likeness (QED) is 0.519. The minimum atomic E-state index is -0.721. The van der Waals surface area contributed by atoms with Gasteiger partial charge in [-0.05, 0) is 49.9 Å². The summed E-state index contributed by atoms with van der Waals surface area (Å²) in [6.45, 7) is 6.87. The van der Waals surface area contributed by atoms with E-state index >= 15 is 0 Å². The van der Waals surface area contributed by atoms with Crippen molar-refractivity contribution in [1.29, 1.82) is 0 Å². The number of benzene rings is 2. The standard InChI is InChI=1S/C29H33Cl2N5O3/c1-3-35-24-17-36(28(38)25(24)26(33-29(35)39)22-10-9-20(30)15-23(22)31)18(2)27(37)32-21-11-13-34(14-12-21)16-19-7-5-4-6-8-19/h4-10,15,18,21,26H,3,11-14,16-17H2,1-2H3,(H,32,37)(H,33,39). The second-order valence-corrected chi connectivity index (χ2v) is 11.2. The van der Waals surface area contributed by atoms with Crippen LogP contribution in [0.3, 0.4) is 0 Å². The first-order chi connectivity index (χ1) is 18.8. The molecular weight excluding hydrogens is 537 g/mol. The normalized spacial score (nSPS) is 21.2. The zero-order valence-corrected chi connectivity index (χ0v) is 23.6. The van der Waals surface area contributed by atoms with Crippen LogP contribution in [0.2, 0.25) is 10.0 Å². The van der Waals surface area contributed by atoms with Gasteiger partial charge in [0.05, 0.1) is 23.9 Å². The monoisotopic (exact) mass is 569 g/mol. The molecule has 1 saturated heterocycles. The van der Waals surface area contributed by atoms with Crippen LogP contribution in [0, 0.1) is 0 Å². The highest BCUT2D eigenvalue weighted by molar-refractivity contribution is 6.35. The number of likely N-dealkylation sites (tertiary alicyclic amines) is 1. The van der Waals surface area contributed by atoms with E-state index in [1.165, 1.54) is 5.56 Å². The van der Waals surface area contributed by atoms with E-state index in [0.29, 0.717) is 33.4 Å². The molecule has 8 nitrogen and oxygen atoms in total. The lowest BCUT2D eigenvalue weighted by Gasteiger charge is -2.34. The number of halogens is 2. The molecule has 3 heterocycles. The van der Waals surface area contributed by atoms with Crippen LogP contribution in [0.4, 0.5) is 4.79 Å². The molecule has 3 aliphatic heterocycles. The molecule has 10 heteroatoms. The Hall–Kier alpha value is -3.07. The van der Waals surface area contributed by atoms with Gasteiger partial charge in [-0.1, -0.05) is 59.6 Å². The maximum absolute atomic E-state index is 13.8. The van der Waals surface area contributed by atoms with E-state index in [1.807, 2.05) is 25.1 Å². The molecule has 0 aromatic heterocycles. The summed E-state index contributed by atoms with van der Waals surface area (Å²) in [5, 5.41) is 6.91. The van der Waals surface area contributed by atoms with Gasteiger partial charge in [-0.25, -0.2) is 4.79 Å². The first-order valence-electron chi connectivity index (χ1n) is 13.4. The van der Waals surface area contributed by atoms with Crippen LogP contribution in [0.25, 0.3) is 0 Å². The third-order valence-corrected chi connectivity index (χ3v) is 8.43. The van der Waals surface area contributed by atoms with Crippen LogP contribution >= 0.6 is 23.2 Å². The Morgan fingerprint density at radius 1 is 1.10 bits per heavy atom. The zero-order chi connectivity index (χ0) is 27.7. The number of hydrogen-bond donors (Lipinski definition) is 2. The van der Waals surface area contributed by atoms with E-state index in [9.17, 15) is 14.4 Å². The number of amides is 4. The summed E-state index contributed by atoms with van der Waals surface area (Å²) in [5.74, 6) is -0.465. The Kier molecular flexibility index (Phi) is 8.16. The van der Waals surface area contributed by atoms with Gasteiger partial charge in [-0.15, -0.1) is 0 Å². The minimum absolute atomic E-state index is 0.0586. The van der Waals surface area contributed by atoms with Crippen molar-refractivity contribution in [2.75, 3.05) is 26.2 Å². The predicted octanol–water partition coefficient (Wildman–Crippen LogP) is 4.35. The van der Waals surface area contributed by atoms with Gasteiger partial charge >= 0.3 is 6.03 Å². The van der Waals surface area contributed by atoms with Crippen LogP contribution in [0.15, 0.2) is 59.8 Å². The van der Waals surface area contributed by atoms with Crippen molar-refractivity contribution in [3.05, 3.63) is 81.0 Å². The second kappa shape index (κ2) is 11.6. The largest absolute Gasteiger partial charge is 0.351 e. The summed E-state index contributed by atoms with van der Waals surface area (Å²) in [6.07, 6.45) is 1.71. The summed E-state index contributed by atoms with van der Waals surface area (Å²) in [5.41, 5.74) is 2.92. The number of hydrogen-bond acceptors (Lipinski definition) is 4. The molecule has 2 aromatic carbocycles. The zero-order valence-electron chi connectivity index (χ0n) is 22.1. The van der Waals surface area contributed by atoms with E-state index in [0.717, 1.165) is 32.5 Å². The van der Waals surface area contributed by atoms with Gasteiger partial charge in [-0.2, -0.15) is 0 Å². The fourth-order valence-electron chi connectivity index (χ4n) is 5.67. The summed E-state index contributed by atoms with van der Waals surface area (Å²) < 4.78 is 0. The molecule has 3 aliphatic rings. The Labute approximate surface area is 238 Å². The molecule has 0 saturated carbocycles. The molecule has 0 bridgehead atoms. The fourth-order valence-corrected chi connectivity index (χ4v) is 6.19. The molecule has 39 heavy (non-hydrogen) atoms. The second-order valence-electron chi connectivity index (χ2n) is 10.3. The van der Waals surface area contributed by atoms with Crippen LogP contribution in [-0.2, 0) is 16.1 Å². The lowest BCUT2D eigenvalue weighted by Crippen LogP contribution is -2.52. The van der Waals surface area contributed by atoms with Gasteiger partial charge in [0, 0.05) is 42.3 Å². The average Bonchev–Trinajstić information content (AvgIpc) is 3.26. The van der Waals surface area contributed by atoms with Gasteiger partial charge in [0.15, 0.2) is 0 Å². The van der Waals surface area contributed by atoms with Crippen molar-refractivity contribution in [1.82, 2.24) is 25.3 Å². The van der Waals surface area contributed by atoms with Gasteiger partial charge in [0.25, 0.3) is 5.91 Å². The molecule has 2 unspecified atom stereocenters. The van der Waals surface area contributed by atoms with Crippen molar-refractivity contribution >= 4 is 41.0 Å². The molecule has 0 radical (unpaired) electrons. The van der Waals surface area contributed by atoms with E-state index in [4.69, 9.17) is 23.2 Å². The van der Waals surface area contributed by atoms with Crippen LogP contribution in [0.5, 0.6) is 0 Å². The SMILES string of the molecule is CCN1C(=O)NC(c2ccc(Cl)cc2Cl)C2=C1CN(C(C)C(=O)NC1CCN(Cc3ccccc3)CC1)C2=O. The molecule has 4 amide bonds. The Balaban J connectivity index is 1.25. The topological polar surface area (TPSA) is 85.0 Å². The predicted molar refractivity (Wildman–Crippen MR) is 151 cm³/mol. The molecular formula is C29H33Cl2N5O3. The summed E-state index contributed by atoms with van der Waals surface area (Å²) in [4.78, 5) is 45.5. The minimum Gasteiger partial charge on any atom is -0.351 e. The van der Waals surface area contributed by atoms with Crippen molar-refractivity contribution in [3.63, 3.8) is 0 Å². The Morgan fingerprint density at radius 2 is 1.82 bits per heavy atom. The summed E-state index contributed by atoms with van der Waals surface area (Å²) in [6, 6.07) is 13.7. The van der Waals surface area contributed by atoms with Gasteiger partial charge in [-0.3, -0.25) is 19.4 Å². The number of carbonyl (C=O) groups is 3. The third-order valence-electron chi connectivity index (χ3n) is 7.87. The number of piperidine rings is 1. The maximum Gasteiger partial charge on any atom is 0.322 e. The number of urea groups is 1. The summed E-state index contributed by atoms with van der Waals surface area (Å²) in [7, 11) is 0. The Bertz CT molecular complexity index is 1290. The number of rotatable bonds is 7. The molecule has 2 atom stereocenters. The van der Waals surface area contributed by atoms with Crippen LogP contribution in [-0.4, -0.2) is 70.8 Å². The highest BCUT2D eigenvalue weighted by atomic mass is 35.5. The van der Waals surface area contributed by atoms with Crippen LogP contribution < -0.4 is 10.6 Å².